The summed E-state index contributed by atoms with van der Waals surface area (Å²) in [6.07, 6.45) is 0.835. The Morgan fingerprint density at radius 2 is 1.66 bits per heavy atom. The fourth-order valence-electron chi connectivity index (χ4n) is 4.08. The van der Waals surface area contributed by atoms with Crippen LogP contribution >= 0.6 is 0 Å². The molecule has 150 valence electrons. The highest BCUT2D eigenvalue weighted by molar-refractivity contribution is 6.37. The molecular formula is C23H24N2O4. The van der Waals surface area contributed by atoms with Gasteiger partial charge in [0.25, 0.3) is 11.8 Å². The fraction of sp³-hybridized carbons (Fsp3) is 0.304. The molecule has 0 saturated heterocycles. The number of nitrogens with zero attached hydrogens (tertiary/aromatic N) is 2. The van der Waals surface area contributed by atoms with E-state index in [1.807, 2.05) is 36.9 Å². The number of benzene rings is 2. The Balaban J connectivity index is 1.91. The molecule has 0 saturated carbocycles. The van der Waals surface area contributed by atoms with Gasteiger partial charge in [-0.15, -0.1) is 0 Å². The van der Waals surface area contributed by atoms with Crippen LogP contribution in [-0.4, -0.2) is 43.5 Å². The van der Waals surface area contributed by atoms with E-state index in [9.17, 15) is 9.59 Å². The van der Waals surface area contributed by atoms with Crippen molar-refractivity contribution in [3.63, 3.8) is 0 Å². The summed E-state index contributed by atoms with van der Waals surface area (Å²) in [4.78, 5) is 30.0. The second-order valence-electron chi connectivity index (χ2n) is 7.40. The van der Waals surface area contributed by atoms with Crippen LogP contribution < -0.4 is 14.4 Å². The summed E-state index contributed by atoms with van der Waals surface area (Å²) in [7, 11) is 3.11. The van der Waals surface area contributed by atoms with Gasteiger partial charge >= 0.3 is 0 Å². The number of carbonyl (C=O) groups is 2. The lowest BCUT2D eigenvalue weighted by atomic mass is 10.0. The van der Waals surface area contributed by atoms with E-state index in [1.54, 1.807) is 32.4 Å². The topological polar surface area (TPSA) is 59.1 Å². The minimum atomic E-state index is -0.281. The number of rotatable bonds is 5. The number of carbonyl (C=O) groups excluding carboxylic acids is 2. The van der Waals surface area contributed by atoms with Gasteiger partial charge in [-0.2, -0.15) is 0 Å². The number of fused-ring (bicyclic) bond motifs is 1. The Morgan fingerprint density at radius 1 is 0.931 bits per heavy atom. The van der Waals surface area contributed by atoms with Gasteiger partial charge in [0.1, 0.15) is 5.70 Å². The van der Waals surface area contributed by atoms with Crippen molar-refractivity contribution >= 4 is 23.1 Å². The maximum atomic E-state index is 13.4. The van der Waals surface area contributed by atoms with Crippen LogP contribution in [0.3, 0.4) is 0 Å². The quantitative estimate of drug-likeness (QED) is 0.731. The molecule has 0 N–H and O–H groups in total. The summed E-state index contributed by atoms with van der Waals surface area (Å²) in [5.41, 5.74) is 3.63. The first-order valence-corrected chi connectivity index (χ1v) is 9.68. The van der Waals surface area contributed by atoms with E-state index in [0.29, 0.717) is 34.9 Å². The van der Waals surface area contributed by atoms with Gasteiger partial charge < -0.3 is 14.4 Å². The largest absolute Gasteiger partial charge is 0.493 e. The maximum absolute atomic E-state index is 13.4. The lowest BCUT2D eigenvalue weighted by Crippen LogP contribution is -2.39. The molecule has 2 aliphatic heterocycles. The normalized spacial score (nSPS) is 16.2. The van der Waals surface area contributed by atoms with Crippen LogP contribution in [-0.2, 0) is 16.0 Å². The predicted octanol–water partition coefficient (Wildman–Crippen LogP) is 3.25. The minimum Gasteiger partial charge on any atom is -0.493 e. The van der Waals surface area contributed by atoms with Crippen LogP contribution in [0.25, 0.3) is 5.57 Å². The number of anilines is 1. The average molecular weight is 392 g/mol. The molecule has 2 amide bonds. The average Bonchev–Trinajstić information content (AvgIpc) is 3.25. The van der Waals surface area contributed by atoms with Crippen molar-refractivity contribution in [3.05, 3.63) is 59.3 Å². The van der Waals surface area contributed by atoms with E-state index in [2.05, 4.69) is 6.07 Å². The van der Waals surface area contributed by atoms with Gasteiger partial charge in [0.2, 0.25) is 0 Å². The van der Waals surface area contributed by atoms with Gasteiger partial charge in [-0.1, -0.05) is 24.3 Å². The molecule has 2 aromatic rings. The molecule has 0 aromatic heterocycles. The summed E-state index contributed by atoms with van der Waals surface area (Å²) >= 11 is 0. The van der Waals surface area contributed by atoms with Crippen molar-refractivity contribution in [2.75, 3.05) is 25.7 Å². The molecule has 6 heteroatoms. The predicted molar refractivity (Wildman–Crippen MR) is 111 cm³/mol. The molecular weight excluding hydrogens is 368 g/mol. The Kier molecular flexibility index (Phi) is 4.78. The monoisotopic (exact) mass is 392 g/mol. The molecule has 2 aliphatic rings. The molecule has 2 aromatic carbocycles. The van der Waals surface area contributed by atoms with E-state index in [1.165, 1.54) is 10.5 Å². The molecule has 29 heavy (non-hydrogen) atoms. The SMILES string of the molecule is COc1ccc(C2=C(N3CCc4ccccc43)C(=O)N(C(C)C)C2=O)cc1OC. The van der Waals surface area contributed by atoms with Crippen LogP contribution in [0.1, 0.15) is 25.0 Å². The van der Waals surface area contributed by atoms with Crippen molar-refractivity contribution < 1.29 is 19.1 Å². The summed E-state index contributed by atoms with van der Waals surface area (Å²) < 4.78 is 10.7. The number of hydrogen-bond acceptors (Lipinski definition) is 5. The molecule has 0 atom stereocenters. The lowest BCUT2D eigenvalue weighted by Gasteiger charge is -2.23. The summed E-state index contributed by atoms with van der Waals surface area (Å²) in [6, 6.07) is 13.1. The minimum absolute atomic E-state index is 0.236. The second-order valence-corrected chi connectivity index (χ2v) is 7.40. The third kappa shape index (κ3) is 2.95. The van der Waals surface area contributed by atoms with E-state index < -0.39 is 0 Å². The highest BCUT2D eigenvalue weighted by Gasteiger charge is 2.44. The van der Waals surface area contributed by atoms with Gasteiger partial charge in [-0.3, -0.25) is 14.5 Å². The lowest BCUT2D eigenvalue weighted by molar-refractivity contribution is -0.138. The molecule has 0 fully saturated rings. The summed E-state index contributed by atoms with van der Waals surface area (Å²) in [5, 5.41) is 0. The molecule has 0 spiro atoms. The van der Waals surface area contributed by atoms with Crippen LogP contribution in [0.5, 0.6) is 11.5 Å². The van der Waals surface area contributed by atoms with Crippen LogP contribution in [0, 0.1) is 0 Å². The zero-order chi connectivity index (χ0) is 20.7. The molecule has 0 unspecified atom stereocenters. The van der Waals surface area contributed by atoms with Crippen molar-refractivity contribution in [3.8, 4) is 11.5 Å². The first kappa shape index (κ1) is 19.1. The Morgan fingerprint density at radius 3 is 2.34 bits per heavy atom. The van der Waals surface area contributed by atoms with Gasteiger partial charge in [0.05, 0.1) is 19.8 Å². The number of amides is 2. The highest BCUT2D eigenvalue weighted by Crippen LogP contribution is 2.40. The highest BCUT2D eigenvalue weighted by atomic mass is 16.5. The standard InChI is InChI=1S/C23H24N2O4/c1-14(2)25-22(26)20(16-9-10-18(28-3)19(13-16)29-4)21(23(25)27)24-12-11-15-7-5-6-8-17(15)24/h5-10,13-14H,11-12H2,1-4H3. The first-order chi connectivity index (χ1) is 14.0. The van der Waals surface area contributed by atoms with E-state index in [0.717, 1.165) is 12.1 Å². The van der Waals surface area contributed by atoms with E-state index in [4.69, 9.17) is 9.47 Å². The number of para-hydroxylation sites is 1. The third-order valence-electron chi connectivity index (χ3n) is 5.44. The van der Waals surface area contributed by atoms with Gasteiger partial charge in [0, 0.05) is 18.3 Å². The van der Waals surface area contributed by atoms with Crippen molar-refractivity contribution in [2.24, 2.45) is 0 Å². The van der Waals surface area contributed by atoms with Gasteiger partial charge in [0.15, 0.2) is 11.5 Å². The van der Waals surface area contributed by atoms with Crippen LogP contribution in [0.2, 0.25) is 0 Å². The maximum Gasteiger partial charge on any atom is 0.278 e. The Labute approximate surface area is 170 Å². The number of methoxy groups -OCH3 is 2. The zero-order valence-corrected chi connectivity index (χ0v) is 17.1. The Hall–Kier alpha value is -3.28. The third-order valence-corrected chi connectivity index (χ3v) is 5.44. The van der Waals surface area contributed by atoms with Crippen LogP contribution in [0.15, 0.2) is 48.2 Å². The van der Waals surface area contributed by atoms with Crippen LogP contribution in [0.4, 0.5) is 5.69 Å². The molecule has 4 rings (SSSR count). The first-order valence-electron chi connectivity index (χ1n) is 9.68. The van der Waals surface area contributed by atoms with Gasteiger partial charge in [-0.25, -0.2) is 0 Å². The smallest absolute Gasteiger partial charge is 0.278 e. The summed E-state index contributed by atoms with van der Waals surface area (Å²) in [6.45, 7) is 4.36. The molecule has 6 nitrogen and oxygen atoms in total. The van der Waals surface area contributed by atoms with Gasteiger partial charge in [-0.05, 0) is 49.6 Å². The van der Waals surface area contributed by atoms with Crippen molar-refractivity contribution in [1.82, 2.24) is 4.90 Å². The number of ether oxygens (including phenoxy) is 2. The molecule has 0 bridgehead atoms. The molecule has 2 heterocycles. The number of hydrogen-bond donors (Lipinski definition) is 0. The second kappa shape index (κ2) is 7.28. The van der Waals surface area contributed by atoms with Crippen molar-refractivity contribution in [2.45, 2.75) is 26.3 Å². The zero-order valence-electron chi connectivity index (χ0n) is 17.1. The number of imide groups is 1. The van der Waals surface area contributed by atoms with E-state index in [-0.39, 0.29) is 17.9 Å². The molecule has 0 radical (unpaired) electrons. The summed E-state index contributed by atoms with van der Waals surface area (Å²) in [5.74, 6) is 0.549. The van der Waals surface area contributed by atoms with Crippen molar-refractivity contribution in [1.29, 1.82) is 0 Å². The van der Waals surface area contributed by atoms with E-state index >= 15 is 0 Å². The Bertz CT molecular complexity index is 1030. The fourth-order valence-corrected chi connectivity index (χ4v) is 4.08. The molecule has 0 aliphatic carbocycles.